The highest BCUT2D eigenvalue weighted by atomic mass is 32.2. The summed E-state index contributed by atoms with van der Waals surface area (Å²) in [4.78, 5) is 32.8. The fourth-order valence-corrected chi connectivity index (χ4v) is 5.26. The predicted octanol–water partition coefficient (Wildman–Crippen LogP) is 6.36. The van der Waals surface area contributed by atoms with E-state index in [1.807, 2.05) is 60.7 Å². The van der Waals surface area contributed by atoms with Crippen LogP contribution in [0.15, 0.2) is 94.6 Å². The molecule has 0 bridgehead atoms. The zero-order chi connectivity index (χ0) is 27.6. The van der Waals surface area contributed by atoms with Crippen molar-refractivity contribution in [1.82, 2.24) is 14.5 Å². The second-order valence-electron chi connectivity index (χ2n) is 9.04. The quantitative estimate of drug-likeness (QED) is 0.270. The van der Waals surface area contributed by atoms with Crippen molar-refractivity contribution >= 4 is 17.9 Å². The maximum atomic E-state index is 13.8. The number of benzene rings is 3. The number of thioether (sulfide) groups is 1. The van der Waals surface area contributed by atoms with E-state index in [1.165, 1.54) is 29.2 Å². The highest BCUT2D eigenvalue weighted by Gasteiger charge is 2.30. The molecule has 0 radical (unpaired) electrons. The lowest BCUT2D eigenvalue weighted by Crippen LogP contribution is -2.43. The van der Waals surface area contributed by atoms with Gasteiger partial charge in [0.15, 0.2) is 0 Å². The molecule has 4 aromatic rings. The molecule has 1 aliphatic heterocycles. The smallest absolute Gasteiger partial charge is 0.410 e. The average molecular weight is 552 g/mol. The highest BCUT2D eigenvalue weighted by Crippen LogP contribution is 2.37. The fourth-order valence-electron chi connectivity index (χ4n) is 4.72. The van der Waals surface area contributed by atoms with Gasteiger partial charge in [0.05, 0.1) is 18.3 Å². The van der Waals surface area contributed by atoms with Gasteiger partial charge < -0.3 is 9.64 Å². The summed E-state index contributed by atoms with van der Waals surface area (Å²) in [5.41, 5.74) is -1.58. The normalized spacial score (nSPS) is 13.3. The number of ether oxygens (including phenoxy) is 1. The molecule has 0 fully saturated rings. The molecule has 0 N–H and O–H groups in total. The number of halogens is 3. The Labute approximate surface area is 227 Å². The molecule has 0 aliphatic carbocycles. The van der Waals surface area contributed by atoms with E-state index < -0.39 is 11.6 Å². The summed E-state index contributed by atoms with van der Waals surface area (Å²) in [6.45, 7) is 2.11. The van der Waals surface area contributed by atoms with Gasteiger partial charge in [0, 0.05) is 17.0 Å². The van der Waals surface area contributed by atoms with Crippen LogP contribution in [0, 0.1) is 6.92 Å². The third-order valence-corrected chi connectivity index (χ3v) is 7.19. The van der Waals surface area contributed by atoms with Crippen molar-refractivity contribution in [2.75, 3.05) is 6.54 Å². The first-order valence-electron chi connectivity index (χ1n) is 12.2. The van der Waals surface area contributed by atoms with Gasteiger partial charge in [-0.15, -0.1) is 0 Å². The molecule has 6 nitrogen and oxygen atoms in total. The molecule has 1 aromatic heterocycles. The standard InChI is InChI=1S/C29H24F3N3O3S/c1-19-33-25-18-34(28(37)38-22-12-14-23(15-13-22)39-29(30,31)32)17-16-24(25)27(36)35(19)26(20-8-4-2-5-9-20)21-10-6-3-7-11-21/h2-15,26H,16-18H2,1H3. The lowest BCUT2D eigenvalue weighted by Gasteiger charge is -2.30. The van der Waals surface area contributed by atoms with Crippen molar-refractivity contribution in [2.24, 2.45) is 0 Å². The minimum absolute atomic E-state index is 0.00513. The fraction of sp³-hybridized carbons (Fsp3) is 0.207. The second kappa shape index (κ2) is 11.0. The summed E-state index contributed by atoms with van der Waals surface area (Å²) in [6.07, 6.45) is -0.361. The Hall–Kier alpha value is -4.05. The molecule has 3 aromatic carbocycles. The number of fused-ring (bicyclic) bond motifs is 1. The van der Waals surface area contributed by atoms with E-state index in [4.69, 9.17) is 9.72 Å². The first-order chi connectivity index (χ1) is 18.7. The van der Waals surface area contributed by atoms with E-state index in [1.54, 1.807) is 11.5 Å². The van der Waals surface area contributed by atoms with E-state index in [-0.39, 0.29) is 47.1 Å². The minimum Gasteiger partial charge on any atom is -0.410 e. The van der Waals surface area contributed by atoms with Crippen molar-refractivity contribution < 1.29 is 22.7 Å². The molecule has 0 saturated heterocycles. The van der Waals surface area contributed by atoms with Gasteiger partial charge >= 0.3 is 11.6 Å². The number of amides is 1. The SMILES string of the molecule is Cc1nc2c(c(=O)n1C(c1ccccc1)c1ccccc1)CCN(C(=O)Oc1ccc(SC(F)(F)F)cc1)C2. The number of aryl methyl sites for hydroxylation is 1. The molecule has 0 unspecified atom stereocenters. The van der Waals surface area contributed by atoms with Gasteiger partial charge in [-0.2, -0.15) is 13.2 Å². The molecule has 1 aliphatic rings. The first kappa shape index (κ1) is 26.6. The lowest BCUT2D eigenvalue weighted by atomic mass is 9.97. The van der Waals surface area contributed by atoms with Crippen LogP contribution < -0.4 is 10.3 Å². The van der Waals surface area contributed by atoms with Crippen LogP contribution in [-0.2, 0) is 13.0 Å². The number of rotatable bonds is 5. The summed E-state index contributed by atoms with van der Waals surface area (Å²) in [7, 11) is 0. The number of aromatic nitrogens is 2. The number of alkyl halides is 3. The largest absolute Gasteiger partial charge is 0.446 e. The summed E-state index contributed by atoms with van der Waals surface area (Å²) in [5.74, 6) is 0.648. The molecule has 200 valence electrons. The Bertz CT molecular complexity index is 1490. The van der Waals surface area contributed by atoms with E-state index in [9.17, 15) is 22.8 Å². The van der Waals surface area contributed by atoms with Crippen LogP contribution in [0.1, 0.15) is 34.3 Å². The highest BCUT2D eigenvalue weighted by molar-refractivity contribution is 8.00. The molecule has 5 rings (SSSR count). The summed E-state index contributed by atoms with van der Waals surface area (Å²) >= 11 is -0.239. The third-order valence-electron chi connectivity index (χ3n) is 6.45. The predicted molar refractivity (Wildman–Crippen MR) is 142 cm³/mol. The van der Waals surface area contributed by atoms with Gasteiger partial charge in [-0.1, -0.05) is 60.7 Å². The molecule has 0 saturated carbocycles. The first-order valence-corrected chi connectivity index (χ1v) is 13.0. The molecule has 2 heterocycles. The maximum absolute atomic E-state index is 13.8. The number of hydrogen-bond acceptors (Lipinski definition) is 5. The average Bonchev–Trinajstić information content (AvgIpc) is 2.92. The monoisotopic (exact) mass is 551 g/mol. The van der Waals surface area contributed by atoms with E-state index in [0.717, 1.165) is 11.1 Å². The Morgan fingerprint density at radius 2 is 1.54 bits per heavy atom. The van der Waals surface area contributed by atoms with E-state index in [0.29, 0.717) is 23.5 Å². The van der Waals surface area contributed by atoms with Crippen molar-refractivity contribution in [3.05, 3.63) is 123 Å². The molecular weight excluding hydrogens is 527 g/mol. The van der Waals surface area contributed by atoms with Crippen LogP contribution in [-0.4, -0.2) is 32.6 Å². The van der Waals surface area contributed by atoms with E-state index in [2.05, 4.69) is 0 Å². The summed E-state index contributed by atoms with van der Waals surface area (Å²) in [6, 6.07) is 24.3. The minimum atomic E-state index is -4.40. The Balaban J connectivity index is 1.39. The number of hydrogen-bond donors (Lipinski definition) is 0. The molecular formula is C29H24F3N3O3S. The van der Waals surface area contributed by atoms with Gasteiger partial charge in [0.1, 0.15) is 11.6 Å². The summed E-state index contributed by atoms with van der Waals surface area (Å²) < 4.78 is 44.8. The van der Waals surface area contributed by atoms with E-state index >= 15 is 0 Å². The van der Waals surface area contributed by atoms with Crippen LogP contribution in [0.25, 0.3) is 0 Å². The Morgan fingerprint density at radius 3 is 2.10 bits per heavy atom. The Kier molecular flexibility index (Phi) is 7.47. The molecule has 10 heteroatoms. The van der Waals surface area contributed by atoms with Crippen LogP contribution in [0.3, 0.4) is 0 Å². The number of carbonyl (C=O) groups excluding carboxylic acids is 1. The van der Waals surface area contributed by atoms with Gasteiger partial charge in [-0.05, 0) is 60.5 Å². The number of nitrogens with zero attached hydrogens (tertiary/aromatic N) is 3. The molecule has 1 amide bonds. The van der Waals surface area contributed by atoms with Crippen LogP contribution in [0.5, 0.6) is 5.75 Å². The van der Waals surface area contributed by atoms with Gasteiger partial charge in [-0.3, -0.25) is 9.36 Å². The van der Waals surface area contributed by atoms with Gasteiger partial charge in [-0.25, -0.2) is 9.78 Å². The zero-order valence-corrected chi connectivity index (χ0v) is 21.7. The maximum Gasteiger partial charge on any atom is 0.446 e. The van der Waals surface area contributed by atoms with Crippen molar-refractivity contribution in [3.8, 4) is 5.75 Å². The number of carbonyl (C=O) groups is 1. The molecule has 39 heavy (non-hydrogen) atoms. The molecule has 0 atom stereocenters. The zero-order valence-electron chi connectivity index (χ0n) is 20.9. The second-order valence-corrected chi connectivity index (χ2v) is 10.2. The Morgan fingerprint density at radius 1 is 0.949 bits per heavy atom. The van der Waals surface area contributed by atoms with Crippen LogP contribution >= 0.6 is 11.8 Å². The van der Waals surface area contributed by atoms with Crippen molar-refractivity contribution in [3.63, 3.8) is 0 Å². The van der Waals surface area contributed by atoms with Gasteiger partial charge in [0.25, 0.3) is 5.56 Å². The van der Waals surface area contributed by atoms with Crippen LogP contribution in [0.2, 0.25) is 0 Å². The topological polar surface area (TPSA) is 64.4 Å². The summed E-state index contributed by atoms with van der Waals surface area (Å²) in [5, 5.41) is 0. The van der Waals surface area contributed by atoms with Crippen molar-refractivity contribution in [2.45, 2.75) is 36.3 Å². The van der Waals surface area contributed by atoms with Crippen molar-refractivity contribution in [1.29, 1.82) is 0 Å². The lowest BCUT2D eigenvalue weighted by molar-refractivity contribution is -0.0328. The van der Waals surface area contributed by atoms with Crippen LogP contribution in [0.4, 0.5) is 18.0 Å². The molecule has 0 spiro atoms. The van der Waals surface area contributed by atoms with Gasteiger partial charge in [0.2, 0.25) is 0 Å². The third kappa shape index (κ3) is 6.01.